The van der Waals surface area contributed by atoms with E-state index in [-0.39, 0.29) is 0 Å². The number of hydrogen-bond acceptors (Lipinski definition) is 3. The zero-order chi connectivity index (χ0) is 14.5. The molecule has 0 amide bonds. The molecule has 0 fully saturated rings. The molecule has 1 N–H and O–H groups in total. The summed E-state index contributed by atoms with van der Waals surface area (Å²) in [4.78, 5) is 0.864. The number of hydrogen-bond donors (Lipinski definition) is 1. The highest BCUT2D eigenvalue weighted by atomic mass is 32.2. The highest BCUT2D eigenvalue weighted by Gasteiger charge is 2.09. The summed E-state index contributed by atoms with van der Waals surface area (Å²) >= 11 is 1.56. The fraction of sp³-hybridized carbons (Fsp3) is 0.133. The number of rotatable bonds is 4. The first-order chi connectivity index (χ1) is 9.65. The van der Waals surface area contributed by atoms with Crippen LogP contribution in [0.25, 0.3) is 0 Å². The van der Waals surface area contributed by atoms with Crippen LogP contribution in [0, 0.1) is 23.0 Å². The molecule has 0 aliphatic heterocycles. The van der Waals surface area contributed by atoms with Gasteiger partial charge < -0.3 is 5.32 Å². The summed E-state index contributed by atoms with van der Waals surface area (Å²) < 4.78 is 26.1. The fourth-order valence-electron chi connectivity index (χ4n) is 1.76. The van der Waals surface area contributed by atoms with Crippen molar-refractivity contribution in [3.05, 3.63) is 53.6 Å². The van der Waals surface area contributed by atoms with Crippen molar-refractivity contribution in [1.82, 2.24) is 0 Å². The summed E-state index contributed by atoms with van der Waals surface area (Å²) in [7, 11) is 0. The van der Waals surface area contributed by atoms with Gasteiger partial charge in [-0.05, 0) is 30.0 Å². The molecule has 102 valence electrons. The molecular formula is C15H12F2N2S. The van der Waals surface area contributed by atoms with Gasteiger partial charge >= 0.3 is 0 Å². The summed E-state index contributed by atoms with van der Waals surface area (Å²) in [6.45, 7) is 2.00. The second-order valence-electron chi connectivity index (χ2n) is 3.98. The maximum atomic E-state index is 13.2. The third-order valence-electron chi connectivity index (χ3n) is 2.64. The number of nitrogens with zero attached hydrogens (tertiary/aromatic N) is 1. The van der Waals surface area contributed by atoms with Gasteiger partial charge in [0.15, 0.2) is 11.6 Å². The van der Waals surface area contributed by atoms with Crippen LogP contribution >= 0.6 is 11.8 Å². The van der Waals surface area contributed by atoms with Gasteiger partial charge in [-0.2, -0.15) is 5.26 Å². The van der Waals surface area contributed by atoms with Crippen LogP contribution in [0.1, 0.15) is 12.5 Å². The molecular weight excluding hydrogens is 278 g/mol. The number of anilines is 2. The van der Waals surface area contributed by atoms with E-state index in [1.165, 1.54) is 6.07 Å². The first kappa shape index (κ1) is 14.4. The van der Waals surface area contributed by atoms with E-state index in [9.17, 15) is 14.0 Å². The zero-order valence-corrected chi connectivity index (χ0v) is 11.6. The minimum Gasteiger partial charge on any atom is -0.354 e. The molecule has 0 spiro atoms. The zero-order valence-electron chi connectivity index (χ0n) is 10.8. The first-order valence-corrected chi connectivity index (χ1v) is 7.02. The van der Waals surface area contributed by atoms with Crippen LogP contribution < -0.4 is 5.32 Å². The van der Waals surface area contributed by atoms with Crippen molar-refractivity contribution in [3.8, 4) is 6.07 Å². The fourth-order valence-corrected chi connectivity index (χ4v) is 2.54. The molecule has 0 aliphatic rings. The smallest absolute Gasteiger partial charge is 0.160 e. The van der Waals surface area contributed by atoms with Crippen LogP contribution in [0.4, 0.5) is 20.2 Å². The maximum absolute atomic E-state index is 13.2. The van der Waals surface area contributed by atoms with Crippen molar-refractivity contribution in [2.45, 2.75) is 11.8 Å². The van der Waals surface area contributed by atoms with E-state index < -0.39 is 11.6 Å². The van der Waals surface area contributed by atoms with Crippen LogP contribution in [-0.2, 0) is 0 Å². The normalized spacial score (nSPS) is 10.1. The molecule has 2 aromatic rings. The molecule has 0 heterocycles. The summed E-state index contributed by atoms with van der Waals surface area (Å²) in [5, 5.41) is 12.2. The van der Waals surface area contributed by atoms with E-state index in [4.69, 9.17) is 0 Å². The van der Waals surface area contributed by atoms with Gasteiger partial charge in [-0.15, -0.1) is 11.8 Å². The number of nitrogens with one attached hydrogen (secondary N) is 1. The molecule has 2 nitrogen and oxygen atoms in total. The third kappa shape index (κ3) is 3.09. The SMILES string of the molecule is CCSc1cccc(Nc2ccc(F)c(F)c2)c1C#N. The Labute approximate surface area is 120 Å². The van der Waals surface area contributed by atoms with Crippen LogP contribution in [0.5, 0.6) is 0 Å². The average Bonchev–Trinajstić information content (AvgIpc) is 2.44. The second kappa shape index (κ2) is 6.40. The average molecular weight is 290 g/mol. The van der Waals surface area contributed by atoms with E-state index in [0.717, 1.165) is 22.8 Å². The van der Waals surface area contributed by atoms with Crippen molar-refractivity contribution in [3.63, 3.8) is 0 Å². The van der Waals surface area contributed by atoms with E-state index in [1.807, 2.05) is 19.1 Å². The van der Waals surface area contributed by atoms with Crippen LogP contribution in [0.3, 0.4) is 0 Å². The van der Waals surface area contributed by atoms with Gasteiger partial charge in [0, 0.05) is 16.6 Å². The highest BCUT2D eigenvalue weighted by Crippen LogP contribution is 2.30. The molecule has 0 aliphatic carbocycles. The first-order valence-electron chi connectivity index (χ1n) is 6.03. The molecule has 2 aromatic carbocycles. The Morgan fingerprint density at radius 3 is 2.65 bits per heavy atom. The van der Waals surface area contributed by atoms with Crippen LogP contribution in [0.15, 0.2) is 41.3 Å². The van der Waals surface area contributed by atoms with E-state index in [0.29, 0.717) is 16.9 Å². The lowest BCUT2D eigenvalue weighted by Crippen LogP contribution is -1.96. The molecule has 0 atom stereocenters. The highest BCUT2D eigenvalue weighted by molar-refractivity contribution is 7.99. The van der Waals surface area contributed by atoms with E-state index >= 15 is 0 Å². The van der Waals surface area contributed by atoms with Gasteiger partial charge in [0.2, 0.25) is 0 Å². The monoisotopic (exact) mass is 290 g/mol. The summed E-state index contributed by atoms with van der Waals surface area (Å²) in [6.07, 6.45) is 0. The largest absolute Gasteiger partial charge is 0.354 e. The molecule has 0 saturated carbocycles. The van der Waals surface area contributed by atoms with Gasteiger partial charge in [-0.25, -0.2) is 8.78 Å². The number of benzene rings is 2. The Balaban J connectivity index is 2.35. The minimum absolute atomic E-state index is 0.402. The molecule has 2 rings (SSSR count). The summed E-state index contributed by atoms with van der Waals surface area (Å²) in [6, 6.07) is 11.1. The Kier molecular flexibility index (Phi) is 4.59. The maximum Gasteiger partial charge on any atom is 0.160 e. The van der Waals surface area contributed by atoms with Crippen molar-refractivity contribution in [2.75, 3.05) is 11.1 Å². The summed E-state index contributed by atoms with van der Waals surface area (Å²) in [5.41, 5.74) is 1.49. The quantitative estimate of drug-likeness (QED) is 0.830. The Morgan fingerprint density at radius 1 is 1.20 bits per heavy atom. The lowest BCUT2D eigenvalue weighted by atomic mass is 10.2. The van der Waals surface area contributed by atoms with Crippen molar-refractivity contribution in [1.29, 1.82) is 5.26 Å². The van der Waals surface area contributed by atoms with E-state index in [1.54, 1.807) is 17.8 Å². The molecule has 0 unspecified atom stereocenters. The number of halogens is 2. The van der Waals surface area contributed by atoms with Crippen LogP contribution in [0.2, 0.25) is 0 Å². The van der Waals surface area contributed by atoms with Gasteiger partial charge in [0.1, 0.15) is 6.07 Å². The van der Waals surface area contributed by atoms with Crippen molar-refractivity contribution in [2.24, 2.45) is 0 Å². The Bertz CT molecular complexity index is 665. The lowest BCUT2D eigenvalue weighted by Gasteiger charge is -2.11. The molecule has 0 radical (unpaired) electrons. The van der Waals surface area contributed by atoms with Gasteiger partial charge in [0.05, 0.1) is 11.3 Å². The van der Waals surface area contributed by atoms with Crippen molar-refractivity contribution < 1.29 is 8.78 Å². The molecule has 20 heavy (non-hydrogen) atoms. The number of thioether (sulfide) groups is 1. The van der Waals surface area contributed by atoms with Crippen LogP contribution in [-0.4, -0.2) is 5.75 Å². The standard InChI is InChI=1S/C15H12F2N2S/c1-2-20-15-5-3-4-14(11(15)9-18)19-10-6-7-12(16)13(17)8-10/h3-8,19H,2H2,1H3. The van der Waals surface area contributed by atoms with Gasteiger partial charge in [0.25, 0.3) is 0 Å². The molecule has 0 bridgehead atoms. The molecule has 5 heteroatoms. The third-order valence-corrected chi connectivity index (χ3v) is 3.58. The summed E-state index contributed by atoms with van der Waals surface area (Å²) in [5.74, 6) is -0.970. The predicted octanol–water partition coefficient (Wildman–Crippen LogP) is 4.69. The molecule has 0 aromatic heterocycles. The molecule has 0 saturated heterocycles. The van der Waals surface area contributed by atoms with Gasteiger partial charge in [-0.3, -0.25) is 0 Å². The Morgan fingerprint density at radius 2 is 2.00 bits per heavy atom. The second-order valence-corrected chi connectivity index (χ2v) is 5.28. The Hall–Kier alpha value is -2.06. The minimum atomic E-state index is -0.924. The number of nitriles is 1. The topological polar surface area (TPSA) is 35.8 Å². The predicted molar refractivity (Wildman–Crippen MR) is 77.2 cm³/mol. The van der Waals surface area contributed by atoms with Gasteiger partial charge in [-0.1, -0.05) is 13.0 Å². The lowest BCUT2D eigenvalue weighted by molar-refractivity contribution is 0.509. The van der Waals surface area contributed by atoms with E-state index in [2.05, 4.69) is 11.4 Å². The van der Waals surface area contributed by atoms with Crippen molar-refractivity contribution >= 4 is 23.1 Å².